The van der Waals surface area contributed by atoms with E-state index in [1.165, 1.54) is 13.8 Å². The van der Waals surface area contributed by atoms with Gasteiger partial charge in [0.2, 0.25) is 0 Å². The Bertz CT molecular complexity index is 707. The number of anilines is 2. The van der Waals surface area contributed by atoms with Crippen LogP contribution < -0.4 is 10.6 Å². The smallest absolute Gasteiger partial charge is 0.167 e. The number of hydrogen-bond acceptors (Lipinski definition) is 4. The lowest BCUT2D eigenvalue weighted by molar-refractivity contribution is -0.119. The molecule has 2 aromatic carbocycles. The van der Waals surface area contributed by atoms with Gasteiger partial charge in [-0.1, -0.05) is 35.4 Å². The quantitative estimate of drug-likeness (QED) is 0.475. The second kappa shape index (κ2) is 7.59. The van der Waals surface area contributed by atoms with Crippen LogP contribution in [-0.2, 0) is 9.59 Å². The monoisotopic (exact) mass is 322 g/mol. The van der Waals surface area contributed by atoms with Crippen LogP contribution in [-0.4, -0.2) is 11.6 Å². The molecule has 0 saturated carbocycles. The Labute approximate surface area is 142 Å². The van der Waals surface area contributed by atoms with E-state index >= 15 is 0 Å². The van der Waals surface area contributed by atoms with Crippen LogP contribution in [0.1, 0.15) is 25.0 Å². The fourth-order valence-electron chi connectivity index (χ4n) is 2.32. The Balaban J connectivity index is 2.42. The van der Waals surface area contributed by atoms with Gasteiger partial charge in [0, 0.05) is 11.4 Å². The third-order valence-corrected chi connectivity index (χ3v) is 3.60. The largest absolute Gasteiger partial charge is 0.341 e. The molecule has 4 nitrogen and oxygen atoms in total. The minimum Gasteiger partial charge on any atom is -0.341 e. The van der Waals surface area contributed by atoms with Crippen molar-refractivity contribution < 1.29 is 9.59 Å². The van der Waals surface area contributed by atoms with E-state index in [9.17, 15) is 9.59 Å². The second-order valence-electron chi connectivity index (χ2n) is 5.84. The number of ketones is 2. The van der Waals surface area contributed by atoms with Gasteiger partial charge in [-0.2, -0.15) is 0 Å². The number of benzene rings is 2. The van der Waals surface area contributed by atoms with E-state index in [0.717, 1.165) is 22.5 Å². The molecular formula is C20H22N2O2. The van der Waals surface area contributed by atoms with Crippen LogP contribution in [0.25, 0.3) is 0 Å². The van der Waals surface area contributed by atoms with Crippen molar-refractivity contribution in [2.24, 2.45) is 0 Å². The van der Waals surface area contributed by atoms with Gasteiger partial charge in [-0.25, -0.2) is 0 Å². The average molecular weight is 322 g/mol. The maximum Gasteiger partial charge on any atom is 0.167 e. The van der Waals surface area contributed by atoms with Gasteiger partial charge in [-0.05, 0) is 52.0 Å². The molecule has 2 aromatic rings. The highest BCUT2D eigenvalue weighted by molar-refractivity contribution is 6.19. The van der Waals surface area contributed by atoms with Crippen molar-refractivity contribution in [2.75, 3.05) is 10.6 Å². The maximum atomic E-state index is 12.0. The van der Waals surface area contributed by atoms with Crippen molar-refractivity contribution >= 4 is 22.9 Å². The summed E-state index contributed by atoms with van der Waals surface area (Å²) < 4.78 is 0. The zero-order valence-corrected chi connectivity index (χ0v) is 14.4. The number of nitrogens with one attached hydrogen (secondary N) is 2. The number of allylic oxidation sites excluding steroid dienone is 1. The Morgan fingerprint density at radius 1 is 0.667 bits per heavy atom. The first kappa shape index (κ1) is 17.5. The van der Waals surface area contributed by atoms with Crippen LogP contribution in [0.15, 0.2) is 59.9 Å². The molecular weight excluding hydrogens is 300 g/mol. The van der Waals surface area contributed by atoms with E-state index in [1.54, 1.807) is 0 Å². The van der Waals surface area contributed by atoms with Gasteiger partial charge in [0.05, 0.1) is 0 Å². The normalized spacial score (nSPS) is 10.0. The summed E-state index contributed by atoms with van der Waals surface area (Å²) in [5.74, 6) is -0.170. The Morgan fingerprint density at radius 2 is 1.00 bits per heavy atom. The molecule has 4 heteroatoms. The van der Waals surface area contributed by atoms with Crippen molar-refractivity contribution in [3.63, 3.8) is 0 Å². The first-order valence-corrected chi connectivity index (χ1v) is 7.80. The molecule has 0 fully saturated rings. The van der Waals surface area contributed by atoms with E-state index in [1.807, 2.05) is 62.4 Å². The number of aryl methyl sites for hydroxylation is 2. The van der Waals surface area contributed by atoms with Gasteiger partial charge < -0.3 is 10.6 Å². The van der Waals surface area contributed by atoms with Gasteiger partial charge in [0.15, 0.2) is 11.6 Å². The van der Waals surface area contributed by atoms with Crippen LogP contribution in [0.3, 0.4) is 0 Å². The number of hydrogen-bond donors (Lipinski definition) is 2. The third kappa shape index (κ3) is 4.56. The predicted octanol–water partition coefficient (Wildman–Crippen LogP) is 4.22. The van der Waals surface area contributed by atoms with E-state index in [4.69, 9.17) is 0 Å². The molecule has 2 N–H and O–H groups in total. The lowest BCUT2D eigenvalue weighted by Gasteiger charge is -2.17. The molecule has 0 atom stereocenters. The zero-order valence-electron chi connectivity index (χ0n) is 14.4. The molecule has 0 aliphatic rings. The summed E-state index contributed by atoms with van der Waals surface area (Å²) >= 11 is 0. The predicted molar refractivity (Wildman–Crippen MR) is 98.0 cm³/mol. The third-order valence-electron chi connectivity index (χ3n) is 3.60. The van der Waals surface area contributed by atoms with Crippen molar-refractivity contribution in [2.45, 2.75) is 27.7 Å². The van der Waals surface area contributed by atoms with Crippen LogP contribution in [0.5, 0.6) is 0 Å². The van der Waals surface area contributed by atoms with E-state index < -0.39 is 0 Å². The van der Waals surface area contributed by atoms with Crippen molar-refractivity contribution in [3.8, 4) is 0 Å². The van der Waals surface area contributed by atoms with Crippen molar-refractivity contribution in [1.82, 2.24) is 0 Å². The molecule has 0 radical (unpaired) electrons. The summed E-state index contributed by atoms with van der Waals surface area (Å²) in [7, 11) is 0. The number of carbonyl (C=O) groups is 2. The maximum absolute atomic E-state index is 12.0. The van der Waals surface area contributed by atoms with Crippen LogP contribution in [0.2, 0.25) is 0 Å². The fraction of sp³-hybridized carbons (Fsp3) is 0.200. The molecule has 124 valence electrons. The van der Waals surface area contributed by atoms with E-state index in [2.05, 4.69) is 10.6 Å². The van der Waals surface area contributed by atoms with Gasteiger partial charge in [-0.3, -0.25) is 9.59 Å². The molecule has 0 aliphatic carbocycles. The molecule has 0 heterocycles. The topological polar surface area (TPSA) is 58.2 Å². The molecule has 0 unspecified atom stereocenters. The lowest BCUT2D eigenvalue weighted by Crippen LogP contribution is -2.20. The van der Waals surface area contributed by atoms with E-state index in [-0.39, 0.29) is 17.1 Å². The highest BCUT2D eigenvalue weighted by atomic mass is 16.1. The summed E-state index contributed by atoms with van der Waals surface area (Å²) in [4.78, 5) is 23.9. The Kier molecular flexibility index (Phi) is 5.53. The SMILES string of the molecule is CC(=O)C(C(C)=O)=C(Nc1ccc(C)cc1)Nc1ccc(C)cc1. The fourth-order valence-corrected chi connectivity index (χ4v) is 2.32. The molecule has 0 aliphatic heterocycles. The highest BCUT2D eigenvalue weighted by Crippen LogP contribution is 2.18. The van der Waals surface area contributed by atoms with Crippen LogP contribution >= 0.6 is 0 Å². The van der Waals surface area contributed by atoms with Crippen molar-refractivity contribution in [1.29, 1.82) is 0 Å². The van der Waals surface area contributed by atoms with Crippen LogP contribution in [0.4, 0.5) is 11.4 Å². The number of carbonyl (C=O) groups excluding carboxylic acids is 2. The molecule has 24 heavy (non-hydrogen) atoms. The molecule has 0 amide bonds. The highest BCUT2D eigenvalue weighted by Gasteiger charge is 2.17. The van der Waals surface area contributed by atoms with E-state index in [0.29, 0.717) is 5.82 Å². The molecule has 0 spiro atoms. The summed E-state index contributed by atoms with van der Waals surface area (Å²) in [6.07, 6.45) is 0. The summed E-state index contributed by atoms with van der Waals surface area (Å²) in [5, 5.41) is 6.32. The number of Topliss-reactive ketones (excluding diaryl/α,β-unsaturated/α-hetero) is 2. The zero-order chi connectivity index (χ0) is 17.7. The average Bonchev–Trinajstić information content (AvgIpc) is 2.51. The van der Waals surface area contributed by atoms with Crippen molar-refractivity contribution in [3.05, 3.63) is 71.1 Å². The van der Waals surface area contributed by atoms with Gasteiger partial charge in [0.25, 0.3) is 0 Å². The standard InChI is InChI=1S/C20H22N2O2/c1-13-5-9-17(10-6-13)21-20(19(15(3)23)16(4)24)22-18-11-7-14(2)8-12-18/h5-12,21-22H,1-4H3. The van der Waals surface area contributed by atoms with Gasteiger partial charge in [-0.15, -0.1) is 0 Å². The molecule has 0 saturated heterocycles. The molecule has 2 rings (SSSR count). The Hall–Kier alpha value is -2.88. The minimum atomic E-state index is -0.281. The van der Waals surface area contributed by atoms with Gasteiger partial charge in [0.1, 0.15) is 11.4 Å². The minimum absolute atomic E-state index is 0.121. The Morgan fingerprint density at radius 3 is 1.29 bits per heavy atom. The molecule has 0 aromatic heterocycles. The second-order valence-corrected chi connectivity index (χ2v) is 5.84. The summed E-state index contributed by atoms with van der Waals surface area (Å²) in [5.41, 5.74) is 3.99. The van der Waals surface area contributed by atoms with Gasteiger partial charge >= 0.3 is 0 Å². The summed E-state index contributed by atoms with van der Waals surface area (Å²) in [6, 6.07) is 15.5. The first-order chi connectivity index (χ1) is 11.4. The summed E-state index contributed by atoms with van der Waals surface area (Å²) in [6.45, 7) is 6.79. The molecule has 0 bridgehead atoms. The van der Waals surface area contributed by atoms with Crippen LogP contribution in [0, 0.1) is 13.8 Å². The first-order valence-electron chi connectivity index (χ1n) is 7.80. The lowest BCUT2D eigenvalue weighted by atomic mass is 10.1. The number of rotatable bonds is 6.